The van der Waals surface area contributed by atoms with Crippen molar-refractivity contribution in [2.45, 2.75) is 11.4 Å². The summed E-state index contributed by atoms with van der Waals surface area (Å²) in [6, 6.07) is 11.2. The van der Waals surface area contributed by atoms with E-state index in [2.05, 4.69) is 19.9 Å². The van der Waals surface area contributed by atoms with Gasteiger partial charge in [-0.3, -0.25) is 9.88 Å². The molecule has 0 unspecified atom stereocenters. The minimum absolute atomic E-state index is 0.251. The second kappa shape index (κ2) is 6.55. The van der Waals surface area contributed by atoms with E-state index in [-0.39, 0.29) is 4.90 Å². The Bertz CT molecular complexity index is 930. The minimum atomic E-state index is -3.46. The van der Waals surface area contributed by atoms with Crippen molar-refractivity contribution < 1.29 is 8.42 Å². The van der Waals surface area contributed by atoms with E-state index in [1.807, 2.05) is 24.3 Å². The number of benzene rings is 1. The maximum absolute atomic E-state index is 12.6. The molecule has 1 saturated heterocycles. The zero-order valence-electron chi connectivity index (χ0n) is 13.7. The molecule has 0 amide bonds. The number of sulfonamides is 1. The van der Waals surface area contributed by atoms with Gasteiger partial charge in [-0.25, -0.2) is 13.4 Å². The van der Waals surface area contributed by atoms with Gasteiger partial charge in [-0.05, 0) is 24.3 Å². The van der Waals surface area contributed by atoms with E-state index in [1.54, 1.807) is 18.3 Å². The van der Waals surface area contributed by atoms with Crippen LogP contribution < -0.4 is 0 Å². The standard InChI is InChI=1S/C17H19N5O2S/c23-25(24,14-4-3-7-18-12-14)22-10-8-21(9-11-22)13-17-19-15-5-1-2-6-16(15)20-17/h1-7,12H,8-11,13H2,(H,19,20). The molecular weight excluding hydrogens is 338 g/mol. The number of H-pyrrole nitrogens is 1. The largest absolute Gasteiger partial charge is 0.341 e. The molecular formula is C17H19N5O2S. The third kappa shape index (κ3) is 3.28. The number of imidazole rings is 1. The van der Waals surface area contributed by atoms with Crippen molar-refractivity contribution in [3.63, 3.8) is 0 Å². The van der Waals surface area contributed by atoms with Crippen molar-refractivity contribution in [1.29, 1.82) is 0 Å². The highest BCUT2D eigenvalue weighted by molar-refractivity contribution is 7.89. The van der Waals surface area contributed by atoms with E-state index >= 15 is 0 Å². The van der Waals surface area contributed by atoms with E-state index < -0.39 is 10.0 Å². The molecule has 3 heterocycles. The van der Waals surface area contributed by atoms with Gasteiger partial charge in [0.1, 0.15) is 10.7 Å². The Labute approximate surface area is 146 Å². The lowest BCUT2D eigenvalue weighted by atomic mass is 10.3. The van der Waals surface area contributed by atoms with Crippen LogP contribution in [0.4, 0.5) is 0 Å². The first kappa shape index (κ1) is 16.2. The van der Waals surface area contributed by atoms with E-state index in [1.165, 1.54) is 10.5 Å². The molecule has 1 aliphatic rings. The van der Waals surface area contributed by atoms with E-state index in [0.29, 0.717) is 32.7 Å². The first-order valence-electron chi connectivity index (χ1n) is 8.19. The van der Waals surface area contributed by atoms with Gasteiger partial charge in [-0.1, -0.05) is 12.1 Å². The number of aromatic nitrogens is 3. The quantitative estimate of drug-likeness (QED) is 0.764. The average molecular weight is 357 g/mol. The number of para-hydroxylation sites is 2. The highest BCUT2D eigenvalue weighted by Gasteiger charge is 2.28. The van der Waals surface area contributed by atoms with Crippen LogP contribution in [0, 0.1) is 0 Å². The maximum Gasteiger partial charge on any atom is 0.244 e. The zero-order chi connectivity index (χ0) is 17.3. The third-order valence-corrected chi connectivity index (χ3v) is 6.30. The summed E-state index contributed by atoms with van der Waals surface area (Å²) in [5, 5.41) is 0. The van der Waals surface area contributed by atoms with E-state index in [0.717, 1.165) is 16.9 Å². The van der Waals surface area contributed by atoms with Gasteiger partial charge < -0.3 is 4.98 Å². The highest BCUT2D eigenvalue weighted by Crippen LogP contribution is 2.18. The van der Waals surface area contributed by atoms with E-state index in [9.17, 15) is 8.42 Å². The number of aromatic amines is 1. The normalized spacial score (nSPS) is 17.1. The van der Waals surface area contributed by atoms with Crippen molar-refractivity contribution in [2.24, 2.45) is 0 Å². The Hall–Kier alpha value is -2.29. The van der Waals surface area contributed by atoms with Crippen molar-refractivity contribution in [3.05, 3.63) is 54.6 Å². The molecule has 0 saturated carbocycles. The number of pyridine rings is 1. The topological polar surface area (TPSA) is 82.2 Å². The monoisotopic (exact) mass is 357 g/mol. The molecule has 0 bridgehead atoms. The molecule has 2 aromatic heterocycles. The summed E-state index contributed by atoms with van der Waals surface area (Å²) in [5.41, 5.74) is 1.98. The molecule has 0 radical (unpaired) electrons. The first-order chi connectivity index (χ1) is 12.1. The molecule has 3 aromatic rings. The van der Waals surface area contributed by atoms with Crippen molar-refractivity contribution in [1.82, 2.24) is 24.2 Å². The number of hydrogen-bond donors (Lipinski definition) is 1. The summed E-state index contributed by atoms with van der Waals surface area (Å²) >= 11 is 0. The maximum atomic E-state index is 12.6. The molecule has 1 aromatic carbocycles. The molecule has 0 aliphatic carbocycles. The fourth-order valence-electron chi connectivity index (χ4n) is 3.07. The lowest BCUT2D eigenvalue weighted by Crippen LogP contribution is -2.48. The summed E-state index contributed by atoms with van der Waals surface area (Å²) in [7, 11) is -3.46. The second-order valence-electron chi connectivity index (χ2n) is 6.07. The third-order valence-electron chi connectivity index (χ3n) is 4.42. The van der Waals surface area contributed by atoms with Crippen LogP contribution in [0.25, 0.3) is 11.0 Å². The predicted octanol–water partition coefficient (Wildman–Crippen LogP) is 1.46. The number of piperazine rings is 1. The summed E-state index contributed by atoms with van der Waals surface area (Å²) in [5.74, 6) is 0.907. The summed E-state index contributed by atoms with van der Waals surface area (Å²) in [4.78, 5) is 14.3. The Morgan fingerprint density at radius 3 is 2.56 bits per heavy atom. The SMILES string of the molecule is O=S(=O)(c1cccnc1)N1CCN(Cc2nc3ccccc3[nH]2)CC1. The highest BCUT2D eigenvalue weighted by atomic mass is 32.2. The summed E-state index contributed by atoms with van der Waals surface area (Å²) in [6.07, 6.45) is 2.97. The lowest BCUT2D eigenvalue weighted by Gasteiger charge is -2.33. The Morgan fingerprint density at radius 1 is 1.04 bits per heavy atom. The zero-order valence-corrected chi connectivity index (χ0v) is 14.5. The van der Waals surface area contributed by atoms with Gasteiger partial charge in [-0.2, -0.15) is 4.31 Å². The molecule has 4 rings (SSSR count). The molecule has 25 heavy (non-hydrogen) atoms. The van der Waals surface area contributed by atoms with Gasteiger partial charge in [-0.15, -0.1) is 0 Å². The van der Waals surface area contributed by atoms with E-state index in [4.69, 9.17) is 0 Å². The van der Waals surface area contributed by atoms with Crippen molar-refractivity contribution in [3.8, 4) is 0 Å². The molecule has 130 valence electrons. The molecule has 0 spiro atoms. The fraction of sp³-hybridized carbons (Fsp3) is 0.294. The number of nitrogens with zero attached hydrogens (tertiary/aromatic N) is 4. The summed E-state index contributed by atoms with van der Waals surface area (Å²) < 4.78 is 26.8. The number of hydrogen-bond acceptors (Lipinski definition) is 5. The first-order valence-corrected chi connectivity index (χ1v) is 9.63. The molecule has 8 heteroatoms. The van der Waals surface area contributed by atoms with Gasteiger partial charge >= 0.3 is 0 Å². The number of fused-ring (bicyclic) bond motifs is 1. The van der Waals surface area contributed by atoms with Gasteiger partial charge in [0.25, 0.3) is 0 Å². The van der Waals surface area contributed by atoms with Crippen LogP contribution in [0.15, 0.2) is 53.7 Å². The Kier molecular flexibility index (Phi) is 4.24. The van der Waals surface area contributed by atoms with Crippen molar-refractivity contribution >= 4 is 21.1 Å². The fourth-order valence-corrected chi connectivity index (χ4v) is 4.46. The average Bonchev–Trinajstić information content (AvgIpc) is 3.05. The smallest absolute Gasteiger partial charge is 0.244 e. The lowest BCUT2D eigenvalue weighted by molar-refractivity contribution is 0.178. The van der Waals surface area contributed by atoms with Crippen LogP contribution in [-0.2, 0) is 16.6 Å². The van der Waals surface area contributed by atoms with Crippen molar-refractivity contribution in [2.75, 3.05) is 26.2 Å². The van der Waals surface area contributed by atoms with Gasteiger partial charge in [0.05, 0.1) is 17.6 Å². The van der Waals surface area contributed by atoms with Crippen LogP contribution in [0.3, 0.4) is 0 Å². The second-order valence-corrected chi connectivity index (χ2v) is 8.01. The molecule has 1 aliphatic heterocycles. The molecule has 1 N–H and O–H groups in total. The van der Waals surface area contributed by atoms with Crippen LogP contribution in [0.5, 0.6) is 0 Å². The predicted molar refractivity (Wildman–Crippen MR) is 94.4 cm³/mol. The van der Waals surface area contributed by atoms with Crippen LogP contribution in [-0.4, -0.2) is 58.8 Å². The number of nitrogens with one attached hydrogen (secondary N) is 1. The number of rotatable bonds is 4. The Morgan fingerprint density at radius 2 is 1.84 bits per heavy atom. The van der Waals surface area contributed by atoms with Crippen LogP contribution >= 0.6 is 0 Å². The van der Waals surface area contributed by atoms with Gasteiger partial charge in [0.2, 0.25) is 10.0 Å². The van der Waals surface area contributed by atoms with Gasteiger partial charge in [0, 0.05) is 38.6 Å². The van der Waals surface area contributed by atoms with Crippen LogP contribution in [0.1, 0.15) is 5.82 Å². The minimum Gasteiger partial charge on any atom is -0.341 e. The van der Waals surface area contributed by atoms with Gasteiger partial charge in [0.15, 0.2) is 0 Å². The molecule has 0 atom stereocenters. The Balaban J connectivity index is 1.41. The molecule has 1 fully saturated rings. The molecule has 7 nitrogen and oxygen atoms in total. The van der Waals surface area contributed by atoms with Crippen LogP contribution in [0.2, 0.25) is 0 Å². The summed E-state index contributed by atoms with van der Waals surface area (Å²) in [6.45, 7) is 2.98.